The molecule has 0 bridgehead atoms. The summed E-state index contributed by atoms with van der Waals surface area (Å²) in [5.74, 6) is 0.398. The molecule has 20 heavy (non-hydrogen) atoms. The molecule has 0 aromatic carbocycles. The summed E-state index contributed by atoms with van der Waals surface area (Å²) in [6.45, 7) is 0. The summed E-state index contributed by atoms with van der Waals surface area (Å²) < 4.78 is 5.75. The molecule has 1 amide bonds. The zero-order valence-electron chi connectivity index (χ0n) is 10.9. The number of pyridine rings is 1. The molecule has 6 heteroatoms. The van der Waals surface area contributed by atoms with Gasteiger partial charge in [-0.25, -0.2) is 9.78 Å². The van der Waals surface area contributed by atoms with Gasteiger partial charge in [0, 0.05) is 12.2 Å². The Morgan fingerprint density at radius 1 is 1.50 bits per heavy atom. The normalized spacial score (nSPS) is 30.8. The van der Waals surface area contributed by atoms with Crippen LogP contribution in [0, 0.1) is 16.7 Å². The molecule has 104 valence electrons. The van der Waals surface area contributed by atoms with Gasteiger partial charge in [-0.05, 0) is 43.2 Å². The molecule has 2 aliphatic rings. The SMILES string of the molecule is N#Cc1cccnc1OC1CC2(CC(NC(=O)O)C2)C1. The monoisotopic (exact) mass is 273 g/mol. The van der Waals surface area contributed by atoms with E-state index in [1.807, 2.05) is 0 Å². The van der Waals surface area contributed by atoms with E-state index in [2.05, 4.69) is 16.4 Å². The highest BCUT2D eigenvalue weighted by molar-refractivity contribution is 5.65. The van der Waals surface area contributed by atoms with Crippen LogP contribution < -0.4 is 10.1 Å². The first-order chi connectivity index (χ1) is 9.60. The Hall–Kier alpha value is -2.29. The predicted octanol–water partition coefficient (Wildman–Crippen LogP) is 1.91. The van der Waals surface area contributed by atoms with Gasteiger partial charge in [-0.1, -0.05) is 0 Å². The summed E-state index contributed by atoms with van der Waals surface area (Å²) in [5, 5.41) is 20.1. The highest BCUT2D eigenvalue weighted by Gasteiger charge is 2.54. The van der Waals surface area contributed by atoms with Gasteiger partial charge >= 0.3 is 6.09 Å². The van der Waals surface area contributed by atoms with Gasteiger partial charge in [-0.3, -0.25) is 0 Å². The average Bonchev–Trinajstić information content (AvgIpc) is 2.33. The Morgan fingerprint density at radius 2 is 2.25 bits per heavy atom. The first kappa shape index (κ1) is 12.7. The second kappa shape index (κ2) is 4.67. The third-order valence-electron chi connectivity index (χ3n) is 4.18. The number of rotatable bonds is 3. The van der Waals surface area contributed by atoms with E-state index < -0.39 is 6.09 Å². The van der Waals surface area contributed by atoms with Gasteiger partial charge in [0.25, 0.3) is 0 Å². The summed E-state index contributed by atoms with van der Waals surface area (Å²) in [7, 11) is 0. The van der Waals surface area contributed by atoms with Crippen LogP contribution in [0.2, 0.25) is 0 Å². The van der Waals surface area contributed by atoms with Crippen LogP contribution in [0.25, 0.3) is 0 Å². The van der Waals surface area contributed by atoms with Gasteiger partial charge in [0.1, 0.15) is 17.7 Å². The lowest BCUT2D eigenvalue weighted by atomic mass is 9.53. The van der Waals surface area contributed by atoms with E-state index in [-0.39, 0.29) is 17.6 Å². The lowest BCUT2D eigenvalue weighted by Crippen LogP contribution is -2.58. The van der Waals surface area contributed by atoms with Crippen molar-refractivity contribution < 1.29 is 14.6 Å². The highest BCUT2D eigenvalue weighted by atomic mass is 16.5. The second-order valence-corrected chi connectivity index (χ2v) is 5.67. The van der Waals surface area contributed by atoms with E-state index >= 15 is 0 Å². The standard InChI is InChI=1S/C14H15N3O3/c15-8-9-2-1-3-16-12(9)20-11-6-14(7-11)4-10(5-14)17-13(18)19/h1-3,10-11,17H,4-7H2,(H,18,19). The smallest absolute Gasteiger partial charge is 0.404 e. The van der Waals surface area contributed by atoms with E-state index in [0.29, 0.717) is 11.4 Å². The molecule has 2 N–H and O–H groups in total. The number of carbonyl (C=O) groups is 1. The molecule has 0 atom stereocenters. The van der Waals surface area contributed by atoms with Crippen LogP contribution in [-0.4, -0.2) is 28.3 Å². The summed E-state index contributed by atoms with van der Waals surface area (Å²) in [6.07, 6.45) is 4.32. The zero-order valence-corrected chi connectivity index (χ0v) is 10.9. The molecular formula is C14H15N3O3. The third-order valence-corrected chi connectivity index (χ3v) is 4.18. The van der Waals surface area contributed by atoms with Gasteiger partial charge in [0.05, 0.1) is 0 Å². The number of carboxylic acid groups (broad SMARTS) is 1. The fourth-order valence-corrected chi connectivity index (χ4v) is 3.31. The van der Waals surface area contributed by atoms with Gasteiger partial charge in [-0.2, -0.15) is 5.26 Å². The molecular weight excluding hydrogens is 258 g/mol. The Kier molecular flexibility index (Phi) is 2.97. The molecule has 2 aliphatic carbocycles. The molecule has 0 radical (unpaired) electrons. The van der Waals surface area contributed by atoms with E-state index in [0.717, 1.165) is 25.7 Å². The van der Waals surface area contributed by atoms with Crippen molar-refractivity contribution >= 4 is 6.09 Å². The minimum absolute atomic E-state index is 0.0815. The van der Waals surface area contributed by atoms with Gasteiger partial charge < -0.3 is 15.2 Å². The second-order valence-electron chi connectivity index (χ2n) is 5.67. The van der Waals surface area contributed by atoms with E-state index in [1.165, 1.54) is 0 Å². The molecule has 3 rings (SSSR count). The molecule has 2 fully saturated rings. The number of hydrogen-bond donors (Lipinski definition) is 2. The lowest BCUT2D eigenvalue weighted by Gasteiger charge is -2.56. The first-order valence-corrected chi connectivity index (χ1v) is 6.61. The van der Waals surface area contributed by atoms with Crippen molar-refractivity contribution in [1.29, 1.82) is 5.26 Å². The van der Waals surface area contributed by atoms with Gasteiger partial charge in [0.2, 0.25) is 5.88 Å². The number of nitrogens with zero attached hydrogens (tertiary/aromatic N) is 2. The predicted molar refractivity (Wildman–Crippen MR) is 69.2 cm³/mol. The van der Waals surface area contributed by atoms with Crippen molar-refractivity contribution in [2.24, 2.45) is 5.41 Å². The Bertz CT molecular complexity index is 567. The molecule has 1 heterocycles. The Balaban J connectivity index is 1.50. The van der Waals surface area contributed by atoms with E-state index in [9.17, 15) is 4.79 Å². The fourth-order valence-electron chi connectivity index (χ4n) is 3.31. The minimum Gasteiger partial charge on any atom is -0.473 e. The minimum atomic E-state index is -0.955. The number of nitrogens with one attached hydrogen (secondary N) is 1. The van der Waals surface area contributed by atoms with Crippen LogP contribution in [0.3, 0.4) is 0 Å². The molecule has 6 nitrogen and oxygen atoms in total. The van der Waals surface area contributed by atoms with E-state index in [1.54, 1.807) is 18.3 Å². The van der Waals surface area contributed by atoms with E-state index in [4.69, 9.17) is 15.1 Å². The topological polar surface area (TPSA) is 95.2 Å². The fraction of sp³-hybridized carbons (Fsp3) is 0.500. The number of nitriles is 1. The first-order valence-electron chi connectivity index (χ1n) is 6.61. The van der Waals surface area contributed by atoms with Crippen LogP contribution >= 0.6 is 0 Å². The lowest BCUT2D eigenvalue weighted by molar-refractivity contribution is -0.0851. The van der Waals surface area contributed by atoms with Gasteiger partial charge in [-0.15, -0.1) is 0 Å². The Morgan fingerprint density at radius 3 is 2.90 bits per heavy atom. The largest absolute Gasteiger partial charge is 0.473 e. The summed E-state index contributed by atoms with van der Waals surface area (Å²) in [4.78, 5) is 14.6. The number of hydrogen-bond acceptors (Lipinski definition) is 4. The van der Waals surface area contributed by atoms with Crippen molar-refractivity contribution in [1.82, 2.24) is 10.3 Å². The summed E-state index contributed by atoms with van der Waals surface area (Å²) in [6, 6.07) is 5.54. The molecule has 1 aromatic rings. The molecule has 2 saturated carbocycles. The maximum Gasteiger partial charge on any atom is 0.404 e. The number of ether oxygens (including phenoxy) is 1. The van der Waals surface area contributed by atoms with Crippen LogP contribution in [0.15, 0.2) is 18.3 Å². The van der Waals surface area contributed by atoms with Gasteiger partial charge in [0.15, 0.2) is 0 Å². The third kappa shape index (κ3) is 2.27. The van der Waals surface area contributed by atoms with Crippen molar-refractivity contribution in [3.8, 4) is 11.9 Å². The quantitative estimate of drug-likeness (QED) is 0.877. The Labute approximate surface area is 116 Å². The molecule has 0 saturated heterocycles. The van der Waals surface area contributed by atoms with Crippen LogP contribution in [0.4, 0.5) is 4.79 Å². The molecule has 1 aromatic heterocycles. The molecule has 1 spiro atoms. The highest BCUT2D eigenvalue weighted by Crippen LogP contribution is 2.56. The molecule has 0 unspecified atom stereocenters. The van der Waals surface area contributed by atoms with Crippen LogP contribution in [0.1, 0.15) is 31.2 Å². The zero-order chi connectivity index (χ0) is 14.2. The van der Waals surface area contributed by atoms with Crippen LogP contribution in [0.5, 0.6) is 5.88 Å². The molecule has 0 aliphatic heterocycles. The van der Waals surface area contributed by atoms with Crippen LogP contribution in [-0.2, 0) is 0 Å². The van der Waals surface area contributed by atoms with Crippen molar-refractivity contribution in [2.45, 2.75) is 37.8 Å². The number of amides is 1. The number of aromatic nitrogens is 1. The van der Waals surface area contributed by atoms with Crippen molar-refractivity contribution in [2.75, 3.05) is 0 Å². The van der Waals surface area contributed by atoms with Crippen molar-refractivity contribution in [3.63, 3.8) is 0 Å². The average molecular weight is 273 g/mol. The van der Waals surface area contributed by atoms with Crippen molar-refractivity contribution in [3.05, 3.63) is 23.9 Å². The maximum absolute atomic E-state index is 10.5. The summed E-state index contributed by atoms with van der Waals surface area (Å²) in [5.41, 5.74) is 0.687. The summed E-state index contributed by atoms with van der Waals surface area (Å²) >= 11 is 0. The maximum atomic E-state index is 10.5.